The lowest BCUT2D eigenvalue weighted by molar-refractivity contribution is -0.164. The predicted molar refractivity (Wildman–Crippen MR) is 114 cm³/mol. The molecule has 0 fully saturated rings. The van der Waals surface area contributed by atoms with Crippen molar-refractivity contribution in [2.45, 2.75) is 32.2 Å². The summed E-state index contributed by atoms with van der Waals surface area (Å²) < 4.78 is 10.5. The minimum Gasteiger partial charge on any atom is -0.464 e. The molecular formula is C24H27NO4. The molecule has 0 saturated heterocycles. The normalized spacial score (nSPS) is 10.7. The molecule has 29 heavy (non-hydrogen) atoms. The minimum absolute atomic E-state index is 0.108. The third-order valence-electron chi connectivity index (χ3n) is 4.33. The lowest BCUT2D eigenvalue weighted by Gasteiger charge is -2.26. The van der Waals surface area contributed by atoms with Crippen LogP contribution >= 0.6 is 0 Å². The fraction of sp³-hybridized carbons (Fsp3) is 0.292. The maximum atomic E-state index is 13.0. The van der Waals surface area contributed by atoms with Gasteiger partial charge in [0.15, 0.2) is 0 Å². The first-order chi connectivity index (χ1) is 14.1. The standard InChI is InChI=1S/C24H27NO4/c1-4-7-18-24(22(26)28-5-2,23(27)29-6-3)25-21(19-14-10-8-11-15-19)20-16-12-9-13-17-20/h4,8-17H,1,5-7,18H2,2-3H3. The number of allylic oxidation sites excluding steroid dienone is 1. The molecule has 0 aromatic heterocycles. The van der Waals surface area contributed by atoms with E-state index in [4.69, 9.17) is 14.5 Å². The molecule has 0 aliphatic heterocycles. The summed E-state index contributed by atoms with van der Waals surface area (Å²) in [5, 5.41) is 0. The van der Waals surface area contributed by atoms with Gasteiger partial charge in [-0.15, -0.1) is 6.58 Å². The highest BCUT2D eigenvalue weighted by atomic mass is 16.6. The van der Waals surface area contributed by atoms with Crippen LogP contribution in [-0.4, -0.2) is 36.4 Å². The van der Waals surface area contributed by atoms with Gasteiger partial charge in [-0.2, -0.15) is 0 Å². The van der Waals surface area contributed by atoms with Crippen LogP contribution < -0.4 is 0 Å². The topological polar surface area (TPSA) is 65.0 Å². The van der Waals surface area contributed by atoms with Crippen LogP contribution in [0.3, 0.4) is 0 Å². The van der Waals surface area contributed by atoms with Crippen molar-refractivity contribution in [2.24, 2.45) is 4.99 Å². The van der Waals surface area contributed by atoms with E-state index in [-0.39, 0.29) is 19.6 Å². The number of hydrogen-bond donors (Lipinski definition) is 0. The molecule has 152 valence electrons. The Morgan fingerprint density at radius 1 is 0.897 bits per heavy atom. The summed E-state index contributed by atoms with van der Waals surface area (Å²) in [4.78, 5) is 30.8. The summed E-state index contributed by atoms with van der Waals surface area (Å²) in [6.45, 7) is 7.38. The second-order valence-corrected chi connectivity index (χ2v) is 6.32. The molecule has 0 aliphatic carbocycles. The number of benzene rings is 2. The van der Waals surface area contributed by atoms with E-state index in [1.807, 2.05) is 60.7 Å². The van der Waals surface area contributed by atoms with E-state index < -0.39 is 17.5 Å². The summed E-state index contributed by atoms with van der Waals surface area (Å²) in [5.41, 5.74) is 0.295. The molecule has 2 rings (SSSR count). The van der Waals surface area contributed by atoms with Gasteiger partial charge in [0.05, 0.1) is 18.9 Å². The minimum atomic E-state index is -1.80. The fourth-order valence-electron chi connectivity index (χ4n) is 2.93. The Bertz CT molecular complexity index is 784. The fourth-order valence-corrected chi connectivity index (χ4v) is 2.93. The molecule has 0 amide bonds. The van der Waals surface area contributed by atoms with Crippen molar-refractivity contribution in [3.63, 3.8) is 0 Å². The first-order valence-corrected chi connectivity index (χ1v) is 9.75. The van der Waals surface area contributed by atoms with Crippen molar-refractivity contribution in [3.05, 3.63) is 84.4 Å². The van der Waals surface area contributed by atoms with Gasteiger partial charge in [0.25, 0.3) is 5.54 Å². The molecule has 0 N–H and O–H groups in total. The molecule has 5 nitrogen and oxygen atoms in total. The van der Waals surface area contributed by atoms with E-state index in [1.165, 1.54) is 0 Å². The molecule has 2 aromatic rings. The van der Waals surface area contributed by atoms with Gasteiger partial charge in [0.2, 0.25) is 0 Å². The smallest absolute Gasteiger partial charge is 0.345 e. The van der Waals surface area contributed by atoms with E-state index in [2.05, 4.69) is 6.58 Å². The number of nitrogens with zero attached hydrogens (tertiary/aromatic N) is 1. The van der Waals surface area contributed by atoms with Crippen molar-refractivity contribution < 1.29 is 19.1 Å². The van der Waals surface area contributed by atoms with Crippen molar-refractivity contribution in [1.82, 2.24) is 0 Å². The summed E-state index contributed by atoms with van der Waals surface area (Å²) in [6.07, 6.45) is 2.16. The molecule has 0 saturated carbocycles. The molecule has 5 heteroatoms. The van der Waals surface area contributed by atoms with Crippen LogP contribution in [-0.2, 0) is 19.1 Å². The number of ether oxygens (including phenoxy) is 2. The first-order valence-electron chi connectivity index (χ1n) is 9.75. The number of esters is 2. The van der Waals surface area contributed by atoms with Crippen LogP contribution in [0, 0.1) is 0 Å². The van der Waals surface area contributed by atoms with Gasteiger partial charge < -0.3 is 9.47 Å². The van der Waals surface area contributed by atoms with Crippen molar-refractivity contribution in [2.75, 3.05) is 13.2 Å². The highest BCUT2D eigenvalue weighted by Crippen LogP contribution is 2.26. The van der Waals surface area contributed by atoms with Gasteiger partial charge >= 0.3 is 11.9 Å². The Kier molecular flexibility index (Phi) is 8.34. The lowest BCUT2D eigenvalue weighted by atomic mass is 9.92. The van der Waals surface area contributed by atoms with Crippen molar-refractivity contribution in [3.8, 4) is 0 Å². The maximum Gasteiger partial charge on any atom is 0.345 e. The second-order valence-electron chi connectivity index (χ2n) is 6.32. The van der Waals surface area contributed by atoms with Gasteiger partial charge in [-0.05, 0) is 26.7 Å². The Morgan fingerprint density at radius 3 is 1.72 bits per heavy atom. The molecule has 0 bridgehead atoms. The van der Waals surface area contributed by atoms with E-state index in [0.29, 0.717) is 12.1 Å². The highest BCUT2D eigenvalue weighted by Gasteiger charge is 2.49. The van der Waals surface area contributed by atoms with Crippen LogP contribution in [0.4, 0.5) is 0 Å². The Labute approximate surface area is 172 Å². The largest absolute Gasteiger partial charge is 0.464 e. The second kappa shape index (κ2) is 11.0. The van der Waals surface area contributed by atoms with Gasteiger partial charge in [0, 0.05) is 11.1 Å². The number of rotatable bonds is 10. The molecule has 0 atom stereocenters. The summed E-state index contributed by atoms with van der Waals surface area (Å²) >= 11 is 0. The zero-order valence-electron chi connectivity index (χ0n) is 17.0. The maximum absolute atomic E-state index is 13.0. The van der Waals surface area contributed by atoms with E-state index in [0.717, 1.165) is 11.1 Å². The number of hydrogen-bond acceptors (Lipinski definition) is 5. The molecular weight excluding hydrogens is 366 g/mol. The first kappa shape index (κ1) is 22.1. The summed E-state index contributed by atoms with van der Waals surface area (Å²) in [5.74, 6) is -1.44. The zero-order valence-corrected chi connectivity index (χ0v) is 17.0. The molecule has 0 spiro atoms. The van der Waals surface area contributed by atoms with Gasteiger partial charge in [0.1, 0.15) is 0 Å². The quantitative estimate of drug-likeness (QED) is 0.260. The third-order valence-corrected chi connectivity index (χ3v) is 4.33. The van der Waals surface area contributed by atoms with Gasteiger partial charge in [-0.25, -0.2) is 9.59 Å². The van der Waals surface area contributed by atoms with Crippen LogP contribution in [0.15, 0.2) is 78.3 Å². The number of carbonyl (C=O) groups is 2. The molecule has 0 unspecified atom stereocenters. The zero-order chi connectivity index (χ0) is 21.1. The molecule has 0 aliphatic rings. The van der Waals surface area contributed by atoms with Crippen LogP contribution in [0.2, 0.25) is 0 Å². The van der Waals surface area contributed by atoms with Gasteiger partial charge in [-0.3, -0.25) is 4.99 Å². The molecule has 2 aromatic carbocycles. The third kappa shape index (κ3) is 5.41. The van der Waals surface area contributed by atoms with Crippen LogP contribution in [0.1, 0.15) is 37.8 Å². The van der Waals surface area contributed by atoms with Crippen molar-refractivity contribution in [1.29, 1.82) is 0 Å². The summed E-state index contributed by atoms with van der Waals surface area (Å²) in [6, 6.07) is 18.9. The number of aliphatic imine (C=N–C) groups is 1. The van der Waals surface area contributed by atoms with Gasteiger partial charge in [-0.1, -0.05) is 66.7 Å². The SMILES string of the molecule is C=CCCC(N=C(c1ccccc1)c1ccccc1)(C(=O)OCC)C(=O)OCC. The number of carbonyl (C=O) groups excluding carboxylic acids is 2. The molecule has 0 radical (unpaired) electrons. The Morgan fingerprint density at radius 2 is 1.34 bits per heavy atom. The highest BCUT2D eigenvalue weighted by molar-refractivity contribution is 6.16. The van der Waals surface area contributed by atoms with Crippen LogP contribution in [0.5, 0.6) is 0 Å². The Balaban J connectivity index is 2.74. The van der Waals surface area contributed by atoms with E-state index in [1.54, 1.807) is 19.9 Å². The van der Waals surface area contributed by atoms with E-state index >= 15 is 0 Å². The molecule has 0 heterocycles. The lowest BCUT2D eigenvalue weighted by Crippen LogP contribution is -2.48. The average molecular weight is 393 g/mol. The van der Waals surface area contributed by atoms with Crippen LogP contribution in [0.25, 0.3) is 0 Å². The average Bonchev–Trinajstić information content (AvgIpc) is 2.75. The van der Waals surface area contributed by atoms with E-state index in [9.17, 15) is 9.59 Å². The Hall–Kier alpha value is -3.21. The predicted octanol–water partition coefficient (Wildman–Crippen LogP) is 4.36. The van der Waals surface area contributed by atoms with Crippen molar-refractivity contribution >= 4 is 17.7 Å². The summed E-state index contributed by atoms with van der Waals surface area (Å²) in [7, 11) is 0. The monoisotopic (exact) mass is 393 g/mol.